The zero-order valence-electron chi connectivity index (χ0n) is 15.6. The van der Waals surface area contributed by atoms with Crippen LogP contribution in [0.15, 0.2) is 51.6 Å². The molecular formula is C21H17N3O5. The predicted molar refractivity (Wildman–Crippen MR) is 103 cm³/mol. The first-order valence-corrected chi connectivity index (χ1v) is 9.16. The van der Waals surface area contributed by atoms with Gasteiger partial charge in [0.05, 0.1) is 22.9 Å². The van der Waals surface area contributed by atoms with Crippen molar-refractivity contribution >= 4 is 17.0 Å². The standard InChI is InChI=1S/C21H17N3O5/c1-12-19-14(10-15(16-3-2-6-26-16)23-21(19)29-24-12)20(25)22-11-13-4-5-17-18(9-13)28-8-7-27-17/h2-6,9-10H,7-8,11H2,1H3,(H,22,25). The van der Waals surface area contributed by atoms with Gasteiger partial charge in [-0.25, -0.2) is 4.98 Å². The van der Waals surface area contributed by atoms with E-state index in [9.17, 15) is 4.79 Å². The van der Waals surface area contributed by atoms with Crippen molar-refractivity contribution in [1.29, 1.82) is 0 Å². The molecule has 146 valence electrons. The van der Waals surface area contributed by atoms with Crippen molar-refractivity contribution in [2.45, 2.75) is 13.5 Å². The Morgan fingerprint density at radius 3 is 2.83 bits per heavy atom. The van der Waals surface area contributed by atoms with E-state index in [2.05, 4.69) is 15.5 Å². The third-order valence-electron chi connectivity index (χ3n) is 4.70. The molecule has 8 nitrogen and oxygen atoms in total. The summed E-state index contributed by atoms with van der Waals surface area (Å²) in [6.45, 7) is 3.16. The Kier molecular flexibility index (Phi) is 4.16. The predicted octanol–water partition coefficient (Wildman–Crippen LogP) is 3.49. The van der Waals surface area contributed by atoms with Crippen LogP contribution in [0.2, 0.25) is 0 Å². The Balaban J connectivity index is 1.44. The number of carbonyl (C=O) groups excluding carboxylic acids is 1. The van der Waals surface area contributed by atoms with E-state index in [1.807, 2.05) is 18.2 Å². The number of rotatable bonds is 4. The lowest BCUT2D eigenvalue weighted by atomic mass is 10.1. The molecule has 0 saturated carbocycles. The second-order valence-corrected chi connectivity index (χ2v) is 6.64. The molecule has 0 saturated heterocycles. The van der Waals surface area contributed by atoms with Crippen LogP contribution >= 0.6 is 0 Å². The molecule has 4 heterocycles. The molecule has 1 aliphatic heterocycles. The fraction of sp³-hybridized carbons (Fsp3) is 0.190. The van der Waals surface area contributed by atoms with Crippen LogP contribution in [0.5, 0.6) is 11.5 Å². The van der Waals surface area contributed by atoms with Gasteiger partial charge in [0.15, 0.2) is 17.3 Å². The molecule has 1 aliphatic rings. The second kappa shape index (κ2) is 6.97. The Labute approximate surface area is 165 Å². The Morgan fingerprint density at radius 2 is 2.00 bits per heavy atom. The fourth-order valence-corrected chi connectivity index (χ4v) is 3.30. The summed E-state index contributed by atoms with van der Waals surface area (Å²) in [5.74, 6) is 1.68. The third kappa shape index (κ3) is 3.18. The second-order valence-electron chi connectivity index (χ2n) is 6.64. The third-order valence-corrected chi connectivity index (χ3v) is 4.70. The molecule has 1 N–H and O–H groups in total. The van der Waals surface area contributed by atoms with E-state index in [0.29, 0.717) is 65.1 Å². The molecule has 0 fully saturated rings. The number of ether oxygens (including phenoxy) is 2. The van der Waals surface area contributed by atoms with Crippen molar-refractivity contribution in [3.05, 3.63) is 59.5 Å². The number of nitrogens with one attached hydrogen (secondary N) is 1. The first-order valence-electron chi connectivity index (χ1n) is 9.16. The summed E-state index contributed by atoms with van der Waals surface area (Å²) in [6, 6.07) is 10.8. The molecule has 4 aromatic rings. The van der Waals surface area contributed by atoms with E-state index in [1.54, 1.807) is 31.4 Å². The molecule has 0 aliphatic carbocycles. The van der Waals surface area contributed by atoms with E-state index in [1.165, 1.54) is 0 Å². The summed E-state index contributed by atoms with van der Waals surface area (Å²) in [5, 5.41) is 7.47. The first kappa shape index (κ1) is 17.3. The molecule has 1 aromatic carbocycles. The minimum absolute atomic E-state index is 0.258. The molecule has 3 aromatic heterocycles. The topological polar surface area (TPSA) is 99.6 Å². The van der Waals surface area contributed by atoms with Gasteiger partial charge < -0.3 is 23.7 Å². The molecule has 1 amide bonds. The molecule has 0 unspecified atom stereocenters. The molecule has 0 radical (unpaired) electrons. The van der Waals surface area contributed by atoms with Crippen molar-refractivity contribution in [3.8, 4) is 23.0 Å². The van der Waals surface area contributed by atoms with Crippen molar-refractivity contribution in [1.82, 2.24) is 15.5 Å². The average Bonchev–Trinajstić information content (AvgIpc) is 3.42. The Bertz CT molecular complexity index is 1200. The summed E-state index contributed by atoms with van der Waals surface area (Å²) < 4.78 is 21.8. The number of aromatic nitrogens is 2. The molecule has 0 bridgehead atoms. The molecular weight excluding hydrogens is 374 g/mol. The first-order chi connectivity index (χ1) is 14.2. The van der Waals surface area contributed by atoms with Crippen LogP contribution in [0.25, 0.3) is 22.6 Å². The van der Waals surface area contributed by atoms with E-state index in [4.69, 9.17) is 18.4 Å². The number of benzene rings is 1. The van der Waals surface area contributed by atoms with Crippen LogP contribution in [0, 0.1) is 6.92 Å². The lowest BCUT2D eigenvalue weighted by molar-refractivity contribution is 0.0952. The van der Waals surface area contributed by atoms with Crippen LogP contribution in [-0.4, -0.2) is 29.3 Å². The lowest BCUT2D eigenvalue weighted by Gasteiger charge is -2.19. The van der Waals surface area contributed by atoms with Gasteiger partial charge in [-0.2, -0.15) is 0 Å². The number of hydrogen-bond acceptors (Lipinski definition) is 7. The Hall–Kier alpha value is -3.81. The van der Waals surface area contributed by atoms with E-state index in [-0.39, 0.29) is 5.91 Å². The maximum atomic E-state index is 13.0. The molecule has 0 spiro atoms. The minimum Gasteiger partial charge on any atom is -0.486 e. The van der Waals surface area contributed by atoms with Gasteiger partial charge in [0.25, 0.3) is 11.6 Å². The number of carbonyl (C=O) groups is 1. The summed E-state index contributed by atoms with van der Waals surface area (Å²) in [5.41, 5.74) is 2.73. The SMILES string of the molecule is Cc1noc2nc(-c3ccco3)cc(C(=O)NCc3ccc4c(c3)OCCO4)c12. The highest BCUT2D eigenvalue weighted by Gasteiger charge is 2.20. The van der Waals surface area contributed by atoms with Crippen molar-refractivity contribution < 1.29 is 23.2 Å². The highest BCUT2D eigenvalue weighted by Crippen LogP contribution is 2.31. The highest BCUT2D eigenvalue weighted by atomic mass is 16.6. The summed E-state index contributed by atoms with van der Waals surface area (Å²) in [4.78, 5) is 17.4. The molecule has 5 rings (SSSR count). The highest BCUT2D eigenvalue weighted by molar-refractivity contribution is 6.06. The van der Waals surface area contributed by atoms with Crippen LogP contribution in [-0.2, 0) is 6.54 Å². The molecule has 0 atom stereocenters. The number of pyridine rings is 1. The summed E-state index contributed by atoms with van der Waals surface area (Å²) in [6.07, 6.45) is 1.55. The zero-order valence-corrected chi connectivity index (χ0v) is 15.6. The van der Waals surface area contributed by atoms with Gasteiger partial charge in [-0.15, -0.1) is 0 Å². The van der Waals surface area contributed by atoms with E-state index in [0.717, 1.165) is 5.56 Å². The van der Waals surface area contributed by atoms with Crippen LogP contribution in [0.4, 0.5) is 0 Å². The smallest absolute Gasteiger partial charge is 0.259 e. The summed E-state index contributed by atoms with van der Waals surface area (Å²) >= 11 is 0. The van der Waals surface area contributed by atoms with Crippen LogP contribution < -0.4 is 14.8 Å². The quantitative estimate of drug-likeness (QED) is 0.568. The van der Waals surface area contributed by atoms with Gasteiger partial charge in [-0.3, -0.25) is 4.79 Å². The maximum absolute atomic E-state index is 13.0. The number of furan rings is 1. The van der Waals surface area contributed by atoms with Gasteiger partial charge in [0.2, 0.25) is 0 Å². The minimum atomic E-state index is -0.258. The van der Waals surface area contributed by atoms with Crippen LogP contribution in [0.3, 0.4) is 0 Å². The number of hydrogen-bond donors (Lipinski definition) is 1. The number of nitrogens with zero attached hydrogens (tertiary/aromatic N) is 2. The maximum Gasteiger partial charge on any atom is 0.259 e. The fourth-order valence-electron chi connectivity index (χ4n) is 3.30. The number of aryl methyl sites for hydroxylation is 1. The molecule has 29 heavy (non-hydrogen) atoms. The number of fused-ring (bicyclic) bond motifs is 2. The van der Waals surface area contributed by atoms with E-state index >= 15 is 0 Å². The van der Waals surface area contributed by atoms with Crippen molar-refractivity contribution in [2.75, 3.05) is 13.2 Å². The monoisotopic (exact) mass is 391 g/mol. The van der Waals surface area contributed by atoms with Gasteiger partial charge in [-0.05, 0) is 42.8 Å². The van der Waals surface area contributed by atoms with E-state index < -0.39 is 0 Å². The normalized spacial score (nSPS) is 12.9. The largest absolute Gasteiger partial charge is 0.486 e. The number of amides is 1. The van der Waals surface area contributed by atoms with Gasteiger partial charge >= 0.3 is 0 Å². The van der Waals surface area contributed by atoms with Gasteiger partial charge in [-0.1, -0.05) is 11.2 Å². The Morgan fingerprint density at radius 1 is 1.14 bits per heavy atom. The summed E-state index contributed by atoms with van der Waals surface area (Å²) in [7, 11) is 0. The van der Waals surface area contributed by atoms with Crippen molar-refractivity contribution in [2.24, 2.45) is 0 Å². The zero-order chi connectivity index (χ0) is 19.8. The van der Waals surface area contributed by atoms with Gasteiger partial charge in [0.1, 0.15) is 18.9 Å². The average molecular weight is 391 g/mol. The van der Waals surface area contributed by atoms with Crippen molar-refractivity contribution in [3.63, 3.8) is 0 Å². The molecule has 8 heteroatoms. The van der Waals surface area contributed by atoms with Gasteiger partial charge in [0, 0.05) is 6.54 Å². The lowest BCUT2D eigenvalue weighted by Crippen LogP contribution is -2.23. The van der Waals surface area contributed by atoms with Crippen LogP contribution in [0.1, 0.15) is 21.6 Å².